The van der Waals surface area contributed by atoms with Crippen LogP contribution in [0.4, 0.5) is 0 Å². The molecule has 0 aromatic carbocycles. The monoisotopic (exact) mass is 241 g/mol. The summed E-state index contributed by atoms with van der Waals surface area (Å²) in [6.45, 7) is 8.86. The zero-order chi connectivity index (χ0) is 12.5. The molecule has 0 heterocycles. The molecule has 0 bridgehead atoms. The smallest absolute Gasteiger partial charge is 0.0623 e. The van der Waals surface area contributed by atoms with E-state index in [1.54, 1.807) is 0 Å². The van der Waals surface area contributed by atoms with Gasteiger partial charge < -0.3 is 10.1 Å². The van der Waals surface area contributed by atoms with Crippen molar-refractivity contribution in [3.8, 4) is 0 Å². The van der Waals surface area contributed by atoms with Gasteiger partial charge >= 0.3 is 0 Å². The highest BCUT2D eigenvalue weighted by molar-refractivity contribution is 4.72. The van der Waals surface area contributed by atoms with Crippen molar-refractivity contribution in [3.63, 3.8) is 0 Å². The van der Waals surface area contributed by atoms with Gasteiger partial charge in [0.05, 0.1) is 12.7 Å². The molecule has 1 rings (SSSR count). The molecular formula is C15H31NO. The molecule has 0 aromatic heterocycles. The highest BCUT2D eigenvalue weighted by atomic mass is 16.5. The summed E-state index contributed by atoms with van der Waals surface area (Å²) >= 11 is 0. The molecule has 1 aliphatic rings. The Kier molecular flexibility index (Phi) is 7.87. The van der Waals surface area contributed by atoms with Gasteiger partial charge in [0.1, 0.15) is 0 Å². The Bertz CT molecular complexity index is 176. The van der Waals surface area contributed by atoms with Gasteiger partial charge in [-0.1, -0.05) is 27.2 Å². The van der Waals surface area contributed by atoms with Crippen LogP contribution in [0.15, 0.2) is 0 Å². The molecule has 0 amide bonds. The van der Waals surface area contributed by atoms with Crippen LogP contribution in [0.1, 0.15) is 65.7 Å². The van der Waals surface area contributed by atoms with E-state index in [9.17, 15) is 0 Å². The lowest BCUT2D eigenvalue weighted by Gasteiger charge is -2.28. The number of rotatable bonds is 8. The Morgan fingerprint density at radius 1 is 1.12 bits per heavy atom. The molecule has 1 saturated carbocycles. The molecule has 1 atom stereocenters. The van der Waals surface area contributed by atoms with Crippen molar-refractivity contribution in [2.75, 3.05) is 13.2 Å². The van der Waals surface area contributed by atoms with Crippen LogP contribution >= 0.6 is 0 Å². The van der Waals surface area contributed by atoms with Crippen LogP contribution in [0.3, 0.4) is 0 Å². The van der Waals surface area contributed by atoms with Crippen LogP contribution in [0.25, 0.3) is 0 Å². The first kappa shape index (κ1) is 15.0. The van der Waals surface area contributed by atoms with Crippen molar-refractivity contribution >= 4 is 0 Å². The number of hydrogen-bond acceptors (Lipinski definition) is 2. The summed E-state index contributed by atoms with van der Waals surface area (Å²) in [5.74, 6) is 0.916. The summed E-state index contributed by atoms with van der Waals surface area (Å²) < 4.78 is 6.08. The average molecular weight is 241 g/mol. The fourth-order valence-electron chi connectivity index (χ4n) is 2.59. The van der Waals surface area contributed by atoms with Gasteiger partial charge in [-0.25, -0.2) is 0 Å². The number of nitrogens with one attached hydrogen (secondary N) is 1. The minimum absolute atomic E-state index is 0.536. The Morgan fingerprint density at radius 3 is 2.41 bits per heavy atom. The average Bonchev–Trinajstić information content (AvgIpc) is 2.35. The second-order valence-electron chi connectivity index (χ2n) is 5.65. The van der Waals surface area contributed by atoms with Gasteiger partial charge in [0, 0.05) is 6.04 Å². The first-order valence-corrected chi connectivity index (χ1v) is 7.61. The van der Waals surface area contributed by atoms with E-state index in [1.807, 2.05) is 0 Å². The highest BCUT2D eigenvalue weighted by Gasteiger charge is 2.19. The van der Waals surface area contributed by atoms with Crippen molar-refractivity contribution in [2.24, 2.45) is 5.92 Å². The summed E-state index contributed by atoms with van der Waals surface area (Å²) in [5.41, 5.74) is 0. The molecule has 1 N–H and O–H groups in total. The van der Waals surface area contributed by atoms with E-state index < -0.39 is 0 Å². The molecule has 2 nitrogen and oxygen atoms in total. The topological polar surface area (TPSA) is 21.3 Å². The minimum atomic E-state index is 0.536. The van der Waals surface area contributed by atoms with E-state index in [-0.39, 0.29) is 0 Å². The predicted octanol–water partition coefficient (Wildman–Crippen LogP) is 3.75. The summed E-state index contributed by atoms with van der Waals surface area (Å²) in [5, 5.41) is 3.59. The van der Waals surface area contributed by atoms with Crippen LogP contribution in [0.5, 0.6) is 0 Å². The van der Waals surface area contributed by atoms with Crippen molar-refractivity contribution in [1.82, 2.24) is 5.32 Å². The fourth-order valence-corrected chi connectivity index (χ4v) is 2.59. The largest absolute Gasteiger partial charge is 0.377 e. The van der Waals surface area contributed by atoms with Gasteiger partial charge in [0.25, 0.3) is 0 Å². The maximum absolute atomic E-state index is 6.08. The van der Waals surface area contributed by atoms with Gasteiger partial charge in [-0.15, -0.1) is 0 Å². The molecule has 0 aliphatic heterocycles. The SMILES string of the molecule is CCCNC(CCC)COC1CCC(C)CC1. The standard InChI is InChI=1S/C15H31NO/c1-4-6-14(16-11-5-2)12-17-15-9-7-13(3)8-10-15/h13-16H,4-12H2,1-3H3. The Labute approximate surface area is 108 Å². The van der Waals surface area contributed by atoms with Gasteiger partial charge in [-0.2, -0.15) is 0 Å². The molecule has 0 aromatic rings. The lowest BCUT2D eigenvalue weighted by molar-refractivity contribution is 0.00711. The third-order valence-electron chi connectivity index (χ3n) is 3.82. The molecule has 2 heteroatoms. The van der Waals surface area contributed by atoms with Crippen LogP contribution in [-0.4, -0.2) is 25.3 Å². The van der Waals surface area contributed by atoms with Crippen LogP contribution in [0, 0.1) is 5.92 Å². The van der Waals surface area contributed by atoms with Gasteiger partial charge in [-0.3, -0.25) is 0 Å². The third kappa shape index (κ3) is 6.42. The third-order valence-corrected chi connectivity index (χ3v) is 3.82. The Balaban J connectivity index is 2.16. The van der Waals surface area contributed by atoms with Gasteiger partial charge in [0.2, 0.25) is 0 Å². The van der Waals surface area contributed by atoms with Gasteiger partial charge in [-0.05, 0) is 51.0 Å². The molecule has 1 aliphatic carbocycles. The fraction of sp³-hybridized carbons (Fsp3) is 1.00. The van der Waals surface area contributed by atoms with Crippen molar-refractivity contribution < 1.29 is 4.74 Å². The lowest BCUT2D eigenvalue weighted by atomic mass is 9.89. The zero-order valence-corrected chi connectivity index (χ0v) is 12.0. The number of hydrogen-bond donors (Lipinski definition) is 1. The van der Waals surface area contributed by atoms with Crippen LogP contribution in [-0.2, 0) is 4.74 Å². The molecule has 1 unspecified atom stereocenters. The Morgan fingerprint density at radius 2 is 1.82 bits per heavy atom. The second-order valence-corrected chi connectivity index (χ2v) is 5.65. The summed E-state index contributed by atoms with van der Waals surface area (Å²) in [6, 6.07) is 0.569. The normalized spacial score (nSPS) is 27.0. The molecular weight excluding hydrogens is 210 g/mol. The predicted molar refractivity (Wildman–Crippen MR) is 74.4 cm³/mol. The van der Waals surface area contributed by atoms with Crippen molar-refractivity contribution in [2.45, 2.75) is 77.9 Å². The molecule has 0 saturated heterocycles. The van der Waals surface area contributed by atoms with E-state index in [0.29, 0.717) is 12.1 Å². The summed E-state index contributed by atoms with van der Waals surface area (Å²) in [7, 11) is 0. The van der Waals surface area contributed by atoms with E-state index in [1.165, 1.54) is 44.9 Å². The zero-order valence-electron chi connectivity index (χ0n) is 12.0. The molecule has 102 valence electrons. The quantitative estimate of drug-likeness (QED) is 0.699. The first-order chi connectivity index (χ1) is 8.26. The maximum atomic E-state index is 6.08. The molecule has 0 spiro atoms. The summed E-state index contributed by atoms with van der Waals surface area (Å²) in [6.07, 6.45) is 9.48. The van der Waals surface area contributed by atoms with Crippen molar-refractivity contribution in [1.29, 1.82) is 0 Å². The van der Waals surface area contributed by atoms with E-state index in [0.717, 1.165) is 19.1 Å². The van der Waals surface area contributed by atoms with E-state index in [2.05, 4.69) is 26.1 Å². The van der Waals surface area contributed by atoms with Crippen LogP contribution in [0.2, 0.25) is 0 Å². The lowest BCUT2D eigenvalue weighted by Crippen LogP contribution is -2.36. The summed E-state index contributed by atoms with van der Waals surface area (Å²) in [4.78, 5) is 0. The first-order valence-electron chi connectivity index (χ1n) is 7.61. The van der Waals surface area contributed by atoms with Gasteiger partial charge in [0.15, 0.2) is 0 Å². The number of ether oxygens (including phenoxy) is 1. The highest BCUT2D eigenvalue weighted by Crippen LogP contribution is 2.25. The molecule has 0 radical (unpaired) electrons. The van der Waals surface area contributed by atoms with Crippen molar-refractivity contribution in [3.05, 3.63) is 0 Å². The van der Waals surface area contributed by atoms with E-state index >= 15 is 0 Å². The molecule has 1 fully saturated rings. The van der Waals surface area contributed by atoms with Crippen LogP contribution < -0.4 is 5.32 Å². The molecule has 17 heavy (non-hydrogen) atoms. The minimum Gasteiger partial charge on any atom is -0.377 e. The second kappa shape index (κ2) is 8.93. The van der Waals surface area contributed by atoms with E-state index in [4.69, 9.17) is 4.74 Å². The Hall–Kier alpha value is -0.0800. The maximum Gasteiger partial charge on any atom is 0.0623 e.